The number of ether oxygens (including phenoxy) is 1. The molecule has 4 heteroatoms. The summed E-state index contributed by atoms with van der Waals surface area (Å²) in [6.45, 7) is 7.52. The first-order valence-corrected chi connectivity index (χ1v) is 7.23. The Morgan fingerprint density at radius 1 is 1.41 bits per heavy atom. The van der Waals surface area contributed by atoms with E-state index in [-0.39, 0.29) is 5.97 Å². The summed E-state index contributed by atoms with van der Waals surface area (Å²) in [5.74, 6) is -0.268. The molecule has 0 aliphatic heterocycles. The number of allylic oxidation sites excluding steroid dienone is 3. The SMILES string of the molecule is C=N/C=C\C=C/Cc1c(C(=O)OCC)c(C)c2ccccn12. The van der Waals surface area contributed by atoms with Crippen molar-refractivity contribution in [2.24, 2.45) is 4.99 Å². The highest BCUT2D eigenvalue weighted by atomic mass is 16.5. The van der Waals surface area contributed by atoms with E-state index >= 15 is 0 Å². The van der Waals surface area contributed by atoms with Crippen LogP contribution in [0.3, 0.4) is 0 Å². The molecule has 2 heterocycles. The molecule has 0 aromatic carbocycles. The van der Waals surface area contributed by atoms with E-state index in [0.717, 1.165) is 16.8 Å². The first-order chi connectivity index (χ1) is 10.7. The highest BCUT2D eigenvalue weighted by molar-refractivity contribution is 5.95. The number of nitrogens with zero attached hydrogens (tertiary/aromatic N) is 2. The number of aryl methyl sites for hydroxylation is 1. The normalized spacial score (nSPS) is 11.5. The Hall–Kier alpha value is -2.62. The van der Waals surface area contributed by atoms with Gasteiger partial charge in [0, 0.05) is 30.0 Å². The van der Waals surface area contributed by atoms with Crippen LogP contribution in [-0.4, -0.2) is 23.7 Å². The average Bonchev–Trinajstić information content (AvgIpc) is 2.80. The van der Waals surface area contributed by atoms with Crippen molar-refractivity contribution >= 4 is 18.2 Å². The zero-order chi connectivity index (χ0) is 15.9. The predicted molar refractivity (Wildman–Crippen MR) is 89.6 cm³/mol. The number of hydrogen-bond acceptors (Lipinski definition) is 3. The summed E-state index contributed by atoms with van der Waals surface area (Å²) in [6.07, 6.45) is 9.90. The van der Waals surface area contributed by atoms with E-state index < -0.39 is 0 Å². The van der Waals surface area contributed by atoms with Crippen molar-refractivity contribution in [1.29, 1.82) is 0 Å². The molecular weight excluding hydrogens is 276 g/mol. The summed E-state index contributed by atoms with van der Waals surface area (Å²) in [6, 6.07) is 5.93. The van der Waals surface area contributed by atoms with Gasteiger partial charge in [0.25, 0.3) is 0 Å². The van der Waals surface area contributed by atoms with Crippen LogP contribution in [0.15, 0.2) is 53.8 Å². The van der Waals surface area contributed by atoms with E-state index in [0.29, 0.717) is 18.6 Å². The lowest BCUT2D eigenvalue weighted by Gasteiger charge is -2.04. The van der Waals surface area contributed by atoms with Gasteiger partial charge in [-0.1, -0.05) is 18.2 Å². The molecule has 0 amide bonds. The summed E-state index contributed by atoms with van der Waals surface area (Å²) >= 11 is 0. The van der Waals surface area contributed by atoms with Crippen molar-refractivity contribution in [2.75, 3.05) is 6.61 Å². The van der Waals surface area contributed by atoms with Crippen LogP contribution in [0.25, 0.3) is 5.52 Å². The van der Waals surface area contributed by atoms with Gasteiger partial charge in [-0.05, 0) is 44.3 Å². The summed E-state index contributed by atoms with van der Waals surface area (Å²) in [4.78, 5) is 15.9. The minimum Gasteiger partial charge on any atom is -0.462 e. The molecule has 0 aliphatic carbocycles. The van der Waals surface area contributed by atoms with Crippen LogP contribution in [0.1, 0.15) is 28.5 Å². The van der Waals surface area contributed by atoms with Crippen LogP contribution in [0.4, 0.5) is 0 Å². The number of carbonyl (C=O) groups excluding carboxylic acids is 1. The average molecular weight is 296 g/mol. The third kappa shape index (κ3) is 3.17. The van der Waals surface area contributed by atoms with Crippen molar-refractivity contribution < 1.29 is 9.53 Å². The van der Waals surface area contributed by atoms with Crippen LogP contribution < -0.4 is 0 Å². The molecule has 2 aromatic heterocycles. The Bertz CT molecular complexity index is 739. The Balaban J connectivity index is 2.47. The molecular formula is C18H20N2O2. The fourth-order valence-electron chi connectivity index (χ4n) is 2.49. The molecule has 2 aromatic rings. The molecule has 22 heavy (non-hydrogen) atoms. The highest BCUT2D eigenvalue weighted by Gasteiger charge is 2.21. The van der Waals surface area contributed by atoms with Gasteiger partial charge in [-0.15, -0.1) is 0 Å². The monoisotopic (exact) mass is 296 g/mol. The smallest absolute Gasteiger partial charge is 0.340 e. The van der Waals surface area contributed by atoms with Gasteiger partial charge in [-0.3, -0.25) is 4.99 Å². The van der Waals surface area contributed by atoms with Crippen LogP contribution in [-0.2, 0) is 11.2 Å². The molecule has 0 N–H and O–H groups in total. The lowest BCUT2D eigenvalue weighted by Crippen LogP contribution is -2.08. The third-order valence-corrected chi connectivity index (χ3v) is 3.43. The standard InChI is InChI=1S/C18H20N2O2/c1-4-22-18(21)17-14(2)15-10-7-9-13-20(15)16(17)11-6-5-8-12-19-3/h5-10,12-13H,3-4,11H2,1-2H3/b6-5-,12-8-. The van der Waals surface area contributed by atoms with Crippen LogP contribution in [0.5, 0.6) is 0 Å². The van der Waals surface area contributed by atoms with Crippen molar-refractivity contribution in [3.05, 3.63) is 65.6 Å². The Kier molecular flexibility index (Phi) is 5.31. The Morgan fingerprint density at radius 3 is 2.95 bits per heavy atom. The number of rotatable bonds is 6. The van der Waals surface area contributed by atoms with Gasteiger partial charge in [0.15, 0.2) is 0 Å². The Morgan fingerprint density at radius 2 is 2.23 bits per heavy atom. The van der Waals surface area contributed by atoms with Gasteiger partial charge in [0.05, 0.1) is 12.2 Å². The van der Waals surface area contributed by atoms with E-state index in [1.165, 1.54) is 0 Å². The summed E-state index contributed by atoms with van der Waals surface area (Å²) in [7, 11) is 0. The molecule has 0 atom stereocenters. The summed E-state index contributed by atoms with van der Waals surface area (Å²) in [5.41, 5.74) is 3.56. The molecule has 0 bridgehead atoms. The molecule has 114 valence electrons. The van der Waals surface area contributed by atoms with Crippen LogP contribution >= 0.6 is 0 Å². The second kappa shape index (κ2) is 7.41. The summed E-state index contributed by atoms with van der Waals surface area (Å²) < 4.78 is 7.25. The molecule has 0 unspecified atom stereocenters. The largest absolute Gasteiger partial charge is 0.462 e. The molecule has 2 rings (SSSR count). The molecule has 0 saturated heterocycles. The van der Waals surface area contributed by atoms with Gasteiger partial charge in [-0.2, -0.15) is 0 Å². The third-order valence-electron chi connectivity index (χ3n) is 3.43. The summed E-state index contributed by atoms with van der Waals surface area (Å²) in [5, 5.41) is 0. The van der Waals surface area contributed by atoms with E-state index in [1.54, 1.807) is 12.3 Å². The maximum atomic E-state index is 12.3. The lowest BCUT2D eigenvalue weighted by molar-refractivity contribution is 0.0524. The van der Waals surface area contributed by atoms with Gasteiger partial charge < -0.3 is 9.14 Å². The van der Waals surface area contributed by atoms with Crippen molar-refractivity contribution in [1.82, 2.24) is 4.40 Å². The predicted octanol–water partition coefficient (Wildman–Crippen LogP) is 3.74. The van der Waals surface area contributed by atoms with Gasteiger partial charge >= 0.3 is 5.97 Å². The quantitative estimate of drug-likeness (QED) is 0.463. The van der Waals surface area contributed by atoms with Crippen LogP contribution in [0, 0.1) is 6.92 Å². The van der Waals surface area contributed by atoms with Gasteiger partial charge in [0.2, 0.25) is 0 Å². The van der Waals surface area contributed by atoms with Gasteiger partial charge in [-0.25, -0.2) is 4.79 Å². The molecule has 0 aliphatic rings. The highest BCUT2D eigenvalue weighted by Crippen LogP contribution is 2.24. The van der Waals surface area contributed by atoms with Crippen LogP contribution in [0.2, 0.25) is 0 Å². The molecule has 0 radical (unpaired) electrons. The number of esters is 1. The minimum absolute atomic E-state index is 0.268. The second-order valence-corrected chi connectivity index (χ2v) is 4.78. The zero-order valence-electron chi connectivity index (χ0n) is 13.0. The number of fused-ring (bicyclic) bond motifs is 1. The molecule has 0 fully saturated rings. The first kappa shape index (κ1) is 15.8. The number of carbonyl (C=O) groups is 1. The first-order valence-electron chi connectivity index (χ1n) is 7.23. The van der Waals surface area contributed by atoms with Crippen molar-refractivity contribution in [2.45, 2.75) is 20.3 Å². The topological polar surface area (TPSA) is 43.1 Å². The molecule has 0 saturated carbocycles. The maximum Gasteiger partial charge on any atom is 0.340 e. The minimum atomic E-state index is -0.268. The zero-order valence-corrected chi connectivity index (χ0v) is 13.0. The number of aromatic nitrogens is 1. The van der Waals surface area contributed by atoms with E-state index in [9.17, 15) is 4.79 Å². The van der Waals surface area contributed by atoms with E-state index in [2.05, 4.69) is 11.7 Å². The number of pyridine rings is 1. The van der Waals surface area contributed by atoms with E-state index in [1.807, 2.05) is 54.8 Å². The maximum absolute atomic E-state index is 12.3. The van der Waals surface area contributed by atoms with Gasteiger partial charge in [0.1, 0.15) is 0 Å². The van der Waals surface area contributed by atoms with Crippen molar-refractivity contribution in [3.63, 3.8) is 0 Å². The lowest BCUT2D eigenvalue weighted by atomic mass is 10.1. The fraction of sp³-hybridized carbons (Fsp3) is 0.222. The van der Waals surface area contributed by atoms with E-state index in [4.69, 9.17) is 4.74 Å². The molecule has 4 nitrogen and oxygen atoms in total. The Labute approximate surface area is 130 Å². The fourth-order valence-corrected chi connectivity index (χ4v) is 2.49. The number of hydrogen-bond donors (Lipinski definition) is 0. The number of aliphatic imine (C=N–C) groups is 1. The second-order valence-electron chi connectivity index (χ2n) is 4.78. The van der Waals surface area contributed by atoms with Crippen molar-refractivity contribution in [3.8, 4) is 0 Å². The molecule has 0 spiro atoms.